The first-order chi connectivity index (χ1) is 12.5. The highest BCUT2D eigenvalue weighted by Crippen LogP contribution is 2.33. The van der Waals surface area contributed by atoms with E-state index in [4.69, 9.17) is 16.7 Å². The van der Waals surface area contributed by atoms with Gasteiger partial charge in [0, 0.05) is 11.9 Å². The fraction of sp³-hybridized carbons (Fsp3) is 0.263. The molecular formula is C19H20N6O. The topological polar surface area (TPSA) is 123 Å². The Morgan fingerprint density at radius 1 is 1.42 bits per heavy atom. The number of nitriles is 1. The first-order valence-electron chi connectivity index (χ1n) is 8.39. The number of rotatable bonds is 5. The number of carbonyl (C=O) groups is 1. The summed E-state index contributed by atoms with van der Waals surface area (Å²) in [5.74, 6) is -0.425. The Hall–Kier alpha value is -3.40. The third kappa shape index (κ3) is 3.98. The van der Waals surface area contributed by atoms with Crippen LogP contribution in [0.15, 0.2) is 53.3 Å². The molecule has 1 aliphatic carbocycles. The van der Waals surface area contributed by atoms with Gasteiger partial charge in [-0.2, -0.15) is 15.4 Å². The normalized spacial score (nSPS) is 16.2. The highest BCUT2D eigenvalue weighted by Gasteiger charge is 2.24. The number of nitrogens with zero attached hydrogens (tertiary/aromatic N) is 4. The first kappa shape index (κ1) is 17.4. The first-order valence-corrected chi connectivity index (χ1v) is 8.39. The summed E-state index contributed by atoms with van der Waals surface area (Å²) in [4.78, 5) is 16.3. The second-order valence-corrected chi connectivity index (χ2v) is 6.36. The van der Waals surface area contributed by atoms with Crippen LogP contribution >= 0.6 is 0 Å². The van der Waals surface area contributed by atoms with Crippen molar-refractivity contribution >= 4 is 11.7 Å². The summed E-state index contributed by atoms with van der Waals surface area (Å²) in [5.41, 5.74) is 14.2. The van der Waals surface area contributed by atoms with E-state index < -0.39 is 5.92 Å². The Kier molecular flexibility index (Phi) is 4.85. The molecule has 0 aliphatic heterocycles. The summed E-state index contributed by atoms with van der Waals surface area (Å²) in [6.45, 7) is 1.73. The van der Waals surface area contributed by atoms with Crippen molar-refractivity contribution in [2.75, 3.05) is 0 Å². The van der Waals surface area contributed by atoms with Crippen LogP contribution in [0.5, 0.6) is 0 Å². The summed E-state index contributed by atoms with van der Waals surface area (Å²) < 4.78 is 1.62. The van der Waals surface area contributed by atoms with E-state index in [1.807, 2.05) is 6.07 Å². The minimum Gasteiger partial charge on any atom is -0.402 e. The average molecular weight is 348 g/mol. The number of amides is 1. The lowest BCUT2D eigenvalue weighted by Crippen LogP contribution is -2.17. The number of hydrogen-bond acceptors (Lipinski definition) is 4. The highest BCUT2D eigenvalue weighted by molar-refractivity contribution is 6.01. The number of hydrogen-bond donors (Lipinski definition) is 2. The van der Waals surface area contributed by atoms with Crippen LogP contribution in [-0.2, 0) is 4.79 Å². The van der Waals surface area contributed by atoms with Gasteiger partial charge in [0.2, 0.25) is 0 Å². The summed E-state index contributed by atoms with van der Waals surface area (Å²) in [6.07, 6.45) is 5.43. The van der Waals surface area contributed by atoms with Gasteiger partial charge in [-0.15, -0.1) is 0 Å². The van der Waals surface area contributed by atoms with Gasteiger partial charge in [-0.1, -0.05) is 6.07 Å². The lowest BCUT2D eigenvalue weighted by molar-refractivity contribution is -0.118. The third-order valence-electron chi connectivity index (χ3n) is 4.27. The zero-order valence-electron chi connectivity index (χ0n) is 14.5. The third-order valence-corrected chi connectivity index (χ3v) is 4.27. The second-order valence-electron chi connectivity index (χ2n) is 6.36. The maximum atomic E-state index is 12.3. The number of aromatic nitrogens is 2. The average Bonchev–Trinajstić information content (AvgIpc) is 3.38. The molecule has 7 nitrogen and oxygen atoms in total. The van der Waals surface area contributed by atoms with E-state index in [1.54, 1.807) is 48.1 Å². The number of carbonyl (C=O) groups excluding carboxylic acids is 1. The van der Waals surface area contributed by atoms with Crippen LogP contribution in [0.2, 0.25) is 0 Å². The molecular weight excluding hydrogens is 328 g/mol. The predicted molar refractivity (Wildman–Crippen MR) is 98.3 cm³/mol. The van der Waals surface area contributed by atoms with E-state index in [0.29, 0.717) is 22.9 Å². The predicted octanol–water partition coefficient (Wildman–Crippen LogP) is 1.98. The summed E-state index contributed by atoms with van der Waals surface area (Å²) in [7, 11) is 0. The van der Waals surface area contributed by atoms with Crippen molar-refractivity contribution in [1.29, 1.82) is 5.26 Å². The molecule has 0 spiro atoms. The van der Waals surface area contributed by atoms with Crippen molar-refractivity contribution in [2.24, 2.45) is 22.4 Å². The van der Waals surface area contributed by atoms with Crippen LogP contribution < -0.4 is 11.5 Å². The summed E-state index contributed by atoms with van der Waals surface area (Å²) in [5, 5.41) is 13.4. The van der Waals surface area contributed by atoms with Gasteiger partial charge in [-0.05, 0) is 56.0 Å². The monoisotopic (exact) mass is 348 g/mol. The van der Waals surface area contributed by atoms with Gasteiger partial charge in [0.25, 0.3) is 5.91 Å². The van der Waals surface area contributed by atoms with E-state index in [-0.39, 0.29) is 11.7 Å². The zero-order valence-corrected chi connectivity index (χ0v) is 14.5. The van der Waals surface area contributed by atoms with E-state index in [2.05, 4.69) is 16.2 Å². The molecule has 132 valence electrons. The number of benzene rings is 1. The van der Waals surface area contributed by atoms with Crippen LogP contribution in [0.1, 0.15) is 36.9 Å². The van der Waals surface area contributed by atoms with Gasteiger partial charge in [-0.25, -0.2) is 4.68 Å². The van der Waals surface area contributed by atoms with Crippen LogP contribution in [0.25, 0.3) is 5.69 Å². The van der Waals surface area contributed by atoms with E-state index in [1.165, 1.54) is 0 Å². The lowest BCUT2D eigenvalue weighted by Gasteiger charge is -2.05. The molecule has 1 atom stereocenters. The molecule has 1 unspecified atom stereocenters. The fourth-order valence-corrected chi connectivity index (χ4v) is 2.52. The molecule has 1 aromatic carbocycles. The molecule has 0 saturated heterocycles. The highest BCUT2D eigenvalue weighted by atomic mass is 16.1. The van der Waals surface area contributed by atoms with E-state index in [0.717, 1.165) is 18.5 Å². The van der Waals surface area contributed by atoms with Crippen LogP contribution in [0, 0.1) is 17.2 Å². The van der Waals surface area contributed by atoms with Gasteiger partial charge in [0.1, 0.15) is 5.84 Å². The molecule has 1 heterocycles. The molecule has 0 bridgehead atoms. The summed E-state index contributed by atoms with van der Waals surface area (Å²) >= 11 is 0. The molecule has 7 heteroatoms. The number of nitrogens with two attached hydrogens (primary N) is 2. The molecule has 0 radical (unpaired) electrons. The molecule has 1 amide bonds. The van der Waals surface area contributed by atoms with Crippen molar-refractivity contribution < 1.29 is 4.79 Å². The number of allylic oxidation sites excluding steroid dienone is 1. The maximum absolute atomic E-state index is 12.3. The molecule has 26 heavy (non-hydrogen) atoms. The van der Waals surface area contributed by atoms with Crippen molar-refractivity contribution in [2.45, 2.75) is 25.7 Å². The Morgan fingerprint density at radius 3 is 2.88 bits per heavy atom. The van der Waals surface area contributed by atoms with Gasteiger partial charge >= 0.3 is 0 Å². The van der Waals surface area contributed by atoms with Gasteiger partial charge in [0.15, 0.2) is 0 Å². The molecule has 1 aromatic heterocycles. The van der Waals surface area contributed by atoms with Gasteiger partial charge < -0.3 is 11.5 Å². The minimum absolute atomic E-state index is 0.118. The molecule has 3 rings (SSSR count). The lowest BCUT2D eigenvalue weighted by atomic mass is 10.1. The minimum atomic E-state index is -0.538. The molecule has 4 N–H and O–H groups in total. The maximum Gasteiger partial charge on any atom is 0.256 e. The fourth-order valence-electron chi connectivity index (χ4n) is 2.52. The SMILES string of the molecule is CC(C(=O)N=C(N)/C=C(\N)C1CC1)c1ccn(-c2cccc(C#N)c2)n1. The number of aliphatic imine (C=N–C) groups is 1. The van der Waals surface area contributed by atoms with E-state index in [9.17, 15) is 4.79 Å². The quantitative estimate of drug-likeness (QED) is 0.632. The Bertz CT molecular complexity index is 930. The molecule has 1 saturated carbocycles. The van der Waals surface area contributed by atoms with Crippen molar-refractivity contribution in [3.63, 3.8) is 0 Å². The standard InChI is InChI=1S/C19H20N6O/c1-12(19(26)23-18(22)10-16(21)14-5-6-14)17-7-8-25(24-17)15-4-2-3-13(9-15)11-20/h2-4,7-10,12,14H,5-6,21H2,1H3,(H2,22,23,26)/b16-10-. The van der Waals surface area contributed by atoms with E-state index >= 15 is 0 Å². The second kappa shape index (κ2) is 7.23. The Balaban J connectivity index is 1.74. The summed E-state index contributed by atoms with van der Waals surface area (Å²) in [6, 6.07) is 10.9. The van der Waals surface area contributed by atoms with Crippen molar-refractivity contribution in [3.8, 4) is 11.8 Å². The zero-order chi connectivity index (χ0) is 18.7. The van der Waals surface area contributed by atoms with Crippen LogP contribution in [0.3, 0.4) is 0 Å². The Labute approximate surface area is 151 Å². The van der Waals surface area contributed by atoms with Crippen LogP contribution in [0.4, 0.5) is 0 Å². The van der Waals surface area contributed by atoms with Crippen LogP contribution in [-0.4, -0.2) is 21.5 Å². The molecule has 2 aromatic rings. The van der Waals surface area contributed by atoms with Crippen molar-refractivity contribution in [1.82, 2.24) is 9.78 Å². The molecule has 1 aliphatic rings. The van der Waals surface area contributed by atoms with Crippen molar-refractivity contribution in [3.05, 3.63) is 59.6 Å². The largest absolute Gasteiger partial charge is 0.402 e. The molecule has 1 fully saturated rings. The smallest absolute Gasteiger partial charge is 0.256 e. The Morgan fingerprint density at radius 2 is 2.19 bits per heavy atom. The number of amidine groups is 1. The van der Waals surface area contributed by atoms with Gasteiger partial charge in [-0.3, -0.25) is 4.79 Å². The van der Waals surface area contributed by atoms with Gasteiger partial charge in [0.05, 0.1) is 28.9 Å².